The largest absolute Gasteiger partial charge is 0.492 e. The number of rotatable bonds is 4. The van der Waals surface area contributed by atoms with Crippen molar-refractivity contribution in [1.82, 2.24) is 19.5 Å². The number of carbonyl (C=O) groups is 2. The standard InChI is InChI=1S/C23H25N5O3/c29-13-2-8-26-10-11-27(23(30)17-5-6-17)12-14-31-19-4-1-3-18(15-19)20-16-24-28-9-7-21(26)25-22(20)28/h1,3-4,7,9,13,15-17H,2,5-6,8,10-12,14H2. The fraction of sp³-hybridized carbons (Fsp3) is 0.391. The first kappa shape index (κ1) is 19.5. The predicted molar refractivity (Wildman–Crippen MR) is 116 cm³/mol. The van der Waals surface area contributed by atoms with Crippen LogP contribution in [0.2, 0.25) is 0 Å². The fourth-order valence-corrected chi connectivity index (χ4v) is 3.98. The summed E-state index contributed by atoms with van der Waals surface area (Å²) in [5.41, 5.74) is 2.64. The first-order valence-electron chi connectivity index (χ1n) is 10.8. The summed E-state index contributed by atoms with van der Waals surface area (Å²) in [6, 6.07) is 9.78. The van der Waals surface area contributed by atoms with E-state index in [2.05, 4.69) is 10.00 Å². The normalized spacial score (nSPS) is 16.8. The molecule has 31 heavy (non-hydrogen) atoms. The monoisotopic (exact) mass is 419 g/mol. The predicted octanol–water partition coefficient (Wildman–Crippen LogP) is 2.42. The highest BCUT2D eigenvalue weighted by atomic mass is 16.5. The highest BCUT2D eigenvalue weighted by molar-refractivity contribution is 5.81. The second kappa shape index (κ2) is 8.37. The van der Waals surface area contributed by atoms with Crippen molar-refractivity contribution in [1.29, 1.82) is 0 Å². The van der Waals surface area contributed by atoms with Crippen LogP contribution in [-0.4, -0.2) is 64.5 Å². The summed E-state index contributed by atoms with van der Waals surface area (Å²) in [5, 5.41) is 4.44. The molecule has 1 saturated carbocycles. The lowest BCUT2D eigenvalue weighted by atomic mass is 10.1. The van der Waals surface area contributed by atoms with E-state index >= 15 is 0 Å². The Bertz CT molecular complexity index is 1110. The minimum Gasteiger partial charge on any atom is -0.492 e. The Hall–Kier alpha value is -3.42. The van der Waals surface area contributed by atoms with Crippen molar-refractivity contribution >= 4 is 23.7 Å². The number of nitrogens with zero attached hydrogens (tertiary/aromatic N) is 5. The lowest BCUT2D eigenvalue weighted by Crippen LogP contribution is -2.42. The molecule has 0 radical (unpaired) electrons. The van der Waals surface area contributed by atoms with Crippen molar-refractivity contribution in [2.75, 3.05) is 37.7 Å². The van der Waals surface area contributed by atoms with Gasteiger partial charge in [0.25, 0.3) is 0 Å². The van der Waals surface area contributed by atoms with Crippen LogP contribution in [0.5, 0.6) is 5.75 Å². The average Bonchev–Trinajstić information content (AvgIpc) is 3.56. The molecule has 3 aromatic rings. The molecule has 1 amide bonds. The van der Waals surface area contributed by atoms with E-state index in [1.165, 1.54) is 0 Å². The van der Waals surface area contributed by atoms with E-state index in [0.29, 0.717) is 39.2 Å². The third kappa shape index (κ3) is 4.10. The maximum absolute atomic E-state index is 12.8. The van der Waals surface area contributed by atoms with Crippen LogP contribution < -0.4 is 9.64 Å². The molecule has 4 bridgehead atoms. The zero-order valence-corrected chi connectivity index (χ0v) is 17.3. The number of amides is 1. The van der Waals surface area contributed by atoms with E-state index in [4.69, 9.17) is 9.72 Å². The number of aromatic nitrogens is 3. The van der Waals surface area contributed by atoms with Gasteiger partial charge in [-0.25, -0.2) is 9.50 Å². The highest BCUT2D eigenvalue weighted by Gasteiger charge is 2.33. The summed E-state index contributed by atoms with van der Waals surface area (Å²) < 4.78 is 7.74. The Balaban J connectivity index is 1.55. The van der Waals surface area contributed by atoms with Crippen LogP contribution in [0.3, 0.4) is 0 Å². The summed E-state index contributed by atoms with van der Waals surface area (Å²) in [6.07, 6.45) is 6.95. The first-order chi connectivity index (χ1) is 15.2. The SMILES string of the molecule is O=CCCN1CCN(C(=O)C2CC2)CCOc2cccc(c2)-c2cnn3ccc1nc23. The number of ether oxygens (including phenoxy) is 1. The van der Waals surface area contributed by atoms with Gasteiger partial charge in [0.1, 0.15) is 24.5 Å². The topological polar surface area (TPSA) is 80.0 Å². The number of carbonyl (C=O) groups excluding carboxylic acids is 2. The van der Waals surface area contributed by atoms with Crippen LogP contribution in [0.1, 0.15) is 19.3 Å². The van der Waals surface area contributed by atoms with E-state index in [-0.39, 0.29) is 11.8 Å². The maximum Gasteiger partial charge on any atom is 0.225 e. The molecule has 5 rings (SSSR count). The maximum atomic E-state index is 12.8. The summed E-state index contributed by atoms with van der Waals surface area (Å²) in [6.45, 7) is 2.68. The van der Waals surface area contributed by atoms with Gasteiger partial charge < -0.3 is 19.3 Å². The van der Waals surface area contributed by atoms with Crippen molar-refractivity contribution in [2.45, 2.75) is 19.3 Å². The molecule has 0 saturated heterocycles. The summed E-state index contributed by atoms with van der Waals surface area (Å²) in [5.74, 6) is 1.88. The zero-order valence-electron chi connectivity index (χ0n) is 17.3. The van der Waals surface area contributed by atoms with Gasteiger partial charge in [0.05, 0.1) is 12.7 Å². The zero-order chi connectivity index (χ0) is 21.2. The average molecular weight is 419 g/mol. The highest BCUT2D eigenvalue weighted by Crippen LogP contribution is 2.31. The van der Waals surface area contributed by atoms with E-state index in [9.17, 15) is 9.59 Å². The molecule has 8 heteroatoms. The molecular formula is C23H25N5O3. The number of hydrogen-bond donors (Lipinski definition) is 0. The van der Waals surface area contributed by atoms with Crippen LogP contribution >= 0.6 is 0 Å². The Kier molecular flexibility index (Phi) is 5.28. The number of benzene rings is 1. The van der Waals surface area contributed by atoms with Crippen LogP contribution in [0.25, 0.3) is 16.8 Å². The molecule has 1 aliphatic heterocycles. The first-order valence-corrected chi connectivity index (χ1v) is 10.8. The number of fused-ring (bicyclic) bond motifs is 4. The smallest absolute Gasteiger partial charge is 0.225 e. The lowest BCUT2D eigenvalue weighted by Gasteiger charge is -2.29. The van der Waals surface area contributed by atoms with Gasteiger partial charge in [-0.1, -0.05) is 12.1 Å². The van der Waals surface area contributed by atoms with Gasteiger partial charge in [-0.05, 0) is 36.6 Å². The van der Waals surface area contributed by atoms with E-state index in [0.717, 1.165) is 47.5 Å². The fourth-order valence-electron chi connectivity index (χ4n) is 3.98. The van der Waals surface area contributed by atoms with Crippen LogP contribution in [0.15, 0.2) is 42.7 Å². The lowest BCUT2D eigenvalue weighted by molar-refractivity contribution is -0.132. The minimum atomic E-state index is 0.148. The number of anilines is 1. The molecule has 0 atom stereocenters. The van der Waals surface area contributed by atoms with Gasteiger partial charge in [0.2, 0.25) is 5.91 Å². The van der Waals surface area contributed by atoms with Gasteiger partial charge in [0, 0.05) is 43.7 Å². The summed E-state index contributed by atoms with van der Waals surface area (Å²) in [7, 11) is 0. The molecule has 1 aromatic carbocycles. The number of aldehydes is 1. The van der Waals surface area contributed by atoms with Gasteiger partial charge >= 0.3 is 0 Å². The molecule has 3 heterocycles. The quantitative estimate of drug-likeness (QED) is 0.605. The van der Waals surface area contributed by atoms with Crippen molar-refractivity contribution < 1.29 is 14.3 Å². The van der Waals surface area contributed by atoms with Crippen molar-refractivity contribution in [3.8, 4) is 16.9 Å². The molecule has 1 aliphatic carbocycles. The minimum absolute atomic E-state index is 0.148. The van der Waals surface area contributed by atoms with Gasteiger partial charge in [-0.15, -0.1) is 0 Å². The van der Waals surface area contributed by atoms with E-state index in [1.54, 1.807) is 4.52 Å². The molecule has 160 valence electrons. The Morgan fingerprint density at radius 1 is 1.19 bits per heavy atom. The van der Waals surface area contributed by atoms with Crippen molar-refractivity contribution in [3.63, 3.8) is 0 Å². The third-order valence-electron chi connectivity index (χ3n) is 5.85. The summed E-state index contributed by atoms with van der Waals surface area (Å²) >= 11 is 0. The van der Waals surface area contributed by atoms with E-state index < -0.39 is 0 Å². The van der Waals surface area contributed by atoms with Gasteiger partial charge in [-0.2, -0.15) is 5.10 Å². The molecule has 0 unspecified atom stereocenters. The molecule has 0 N–H and O–H groups in total. The third-order valence-corrected chi connectivity index (χ3v) is 5.85. The van der Waals surface area contributed by atoms with Crippen LogP contribution in [-0.2, 0) is 9.59 Å². The molecular weight excluding hydrogens is 394 g/mol. The Labute approximate surface area is 180 Å². The van der Waals surface area contributed by atoms with Crippen molar-refractivity contribution in [3.05, 3.63) is 42.7 Å². The molecule has 0 spiro atoms. The molecule has 2 aromatic heterocycles. The molecule has 1 fully saturated rings. The second-order valence-electron chi connectivity index (χ2n) is 8.03. The van der Waals surface area contributed by atoms with E-state index in [1.807, 2.05) is 47.6 Å². The second-order valence-corrected chi connectivity index (χ2v) is 8.03. The van der Waals surface area contributed by atoms with Crippen LogP contribution in [0.4, 0.5) is 5.82 Å². The number of hydrogen-bond acceptors (Lipinski definition) is 6. The molecule has 8 nitrogen and oxygen atoms in total. The Morgan fingerprint density at radius 3 is 2.94 bits per heavy atom. The molecule has 2 aliphatic rings. The Morgan fingerprint density at radius 2 is 2.10 bits per heavy atom. The summed E-state index contributed by atoms with van der Waals surface area (Å²) in [4.78, 5) is 32.7. The van der Waals surface area contributed by atoms with Crippen LogP contribution in [0, 0.1) is 5.92 Å². The van der Waals surface area contributed by atoms with Crippen molar-refractivity contribution in [2.24, 2.45) is 5.92 Å². The van der Waals surface area contributed by atoms with Gasteiger partial charge in [0.15, 0.2) is 5.65 Å². The van der Waals surface area contributed by atoms with Gasteiger partial charge in [-0.3, -0.25) is 4.79 Å².